The van der Waals surface area contributed by atoms with E-state index in [0.29, 0.717) is 11.5 Å². The second-order valence-corrected chi connectivity index (χ2v) is 7.00. The molecule has 0 N–H and O–H groups in total. The molecule has 0 unspecified atom stereocenters. The first kappa shape index (κ1) is 16.8. The number of benzene rings is 2. The van der Waals surface area contributed by atoms with Gasteiger partial charge in [-0.25, -0.2) is 0 Å². The van der Waals surface area contributed by atoms with Crippen LogP contribution in [-0.2, 0) is 0 Å². The Kier molecular flexibility index (Phi) is 4.71. The molecule has 26 heavy (non-hydrogen) atoms. The Morgan fingerprint density at radius 1 is 1.08 bits per heavy atom. The maximum absolute atomic E-state index is 13.0. The van der Waals surface area contributed by atoms with E-state index in [2.05, 4.69) is 22.3 Å². The van der Waals surface area contributed by atoms with Crippen LogP contribution in [0.25, 0.3) is 5.69 Å². The largest absolute Gasteiger partial charge is 0.338 e. The summed E-state index contributed by atoms with van der Waals surface area (Å²) in [5.74, 6) is 0.421. The number of halogens is 1. The molecule has 1 aliphatic rings. The molecule has 4 rings (SSSR count). The van der Waals surface area contributed by atoms with E-state index in [1.54, 1.807) is 17.2 Å². The van der Waals surface area contributed by atoms with E-state index in [1.165, 1.54) is 5.56 Å². The minimum absolute atomic E-state index is 0.0681. The summed E-state index contributed by atoms with van der Waals surface area (Å²) in [5, 5.41) is 8.38. The normalized spacial score (nSPS) is 17.3. The SMILES string of the molecule is O=C(c1cccc(-n2cnnc2)c1)N1CCC[C@H](c2ccc(Cl)cc2)C1. The Balaban J connectivity index is 1.52. The number of carbonyl (C=O) groups excluding carboxylic acids is 1. The van der Waals surface area contributed by atoms with Crippen LogP contribution in [0.3, 0.4) is 0 Å². The van der Waals surface area contributed by atoms with Crippen molar-refractivity contribution in [3.05, 3.63) is 77.3 Å². The highest BCUT2D eigenvalue weighted by atomic mass is 35.5. The van der Waals surface area contributed by atoms with Crippen molar-refractivity contribution in [1.82, 2.24) is 19.7 Å². The molecule has 1 atom stereocenters. The third kappa shape index (κ3) is 3.48. The van der Waals surface area contributed by atoms with Gasteiger partial charge in [-0.1, -0.05) is 29.8 Å². The molecule has 0 radical (unpaired) electrons. The fraction of sp³-hybridized carbons (Fsp3) is 0.250. The Labute approximate surface area is 157 Å². The quantitative estimate of drug-likeness (QED) is 0.705. The van der Waals surface area contributed by atoms with Crippen molar-refractivity contribution in [2.75, 3.05) is 13.1 Å². The van der Waals surface area contributed by atoms with E-state index in [-0.39, 0.29) is 5.91 Å². The topological polar surface area (TPSA) is 51.0 Å². The number of likely N-dealkylation sites (tertiary alicyclic amines) is 1. The van der Waals surface area contributed by atoms with Crippen LogP contribution < -0.4 is 0 Å². The molecule has 1 saturated heterocycles. The van der Waals surface area contributed by atoms with E-state index in [1.807, 2.05) is 41.3 Å². The average molecular weight is 367 g/mol. The van der Waals surface area contributed by atoms with Gasteiger partial charge in [-0.05, 0) is 48.7 Å². The molecule has 132 valence electrons. The zero-order valence-electron chi connectivity index (χ0n) is 14.3. The van der Waals surface area contributed by atoms with Gasteiger partial charge in [-0.2, -0.15) is 0 Å². The monoisotopic (exact) mass is 366 g/mol. The van der Waals surface area contributed by atoms with E-state index in [4.69, 9.17) is 11.6 Å². The summed E-state index contributed by atoms with van der Waals surface area (Å²) in [6.45, 7) is 1.52. The fourth-order valence-corrected chi connectivity index (χ4v) is 3.61. The molecular weight excluding hydrogens is 348 g/mol. The van der Waals surface area contributed by atoms with Gasteiger partial charge in [0, 0.05) is 35.3 Å². The van der Waals surface area contributed by atoms with Crippen LogP contribution in [0.4, 0.5) is 0 Å². The highest BCUT2D eigenvalue weighted by molar-refractivity contribution is 6.30. The van der Waals surface area contributed by atoms with Crippen LogP contribution in [0.2, 0.25) is 5.02 Å². The lowest BCUT2D eigenvalue weighted by molar-refractivity contribution is 0.0707. The molecule has 3 aromatic rings. The zero-order valence-corrected chi connectivity index (χ0v) is 15.0. The van der Waals surface area contributed by atoms with Crippen molar-refractivity contribution in [3.63, 3.8) is 0 Å². The number of hydrogen-bond donors (Lipinski definition) is 0. The summed E-state index contributed by atoms with van der Waals surface area (Å²) in [6, 6.07) is 15.5. The standard InChI is InChI=1S/C20H19ClN4O/c21-18-8-6-15(7-9-18)17-4-2-10-24(12-17)20(26)16-3-1-5-19(11-16)25-13-22-23-14-25/h1,3,5-9,11,13-14,17H,2,4,10,12H2/t17-/m0/s1. The van der Waals surface area contributed by atoms with Gasteiger partial charge in [0.1, 0.15) is 12.7 Å². The van der Waals surface area contributed by atoms with Gasteiger partial charge in [-0.15, -0.1) is 10.2 Å². The van der Waals surface area contributed by atoms with E-state index in [0.717, 1.165) is 36.6 Å². The molecule has 0 spiro atoms. The molecule has 1 fully saturated rings. The molecule has 5 nitrogen and oxygen atoms in total. The summed E-state index contributed by atoms with van der Waals surface area (Å²) in [5.41, 5.74) is 2.81. The second kappa shape index (κ2) is 7.30. The van der Waals surface area contributed by atoms with Gasteiger partial charge >= 0.3 is 0 Å². The highest BCUT2D eigenvalue weighted by Gasteiger charge is 2.25. The van der Waals surface area contributed by atoms with Crippen LogP contribution in [0.5, 0.6) is 0 Å². The fourth-order valence-electron chi connectivity index (χ4n) is 3.48. The van der Waals surface area contributed by atoms with Gasteiger partial charge in [0.2, 0.25) is 0 Å². The molecule has 2 aromatic carbocycles. The number of amides is 1. The van der Waals surface area contributed by atoms with Crippen LogP contribution >= 0.6 is 11.6 Å². The van der Waals surface area contributed by atoms with Crippen molar-refractivity contribution in [2.45, 2.75) is 18.8 Å². The Bertz CT molecular complexity index is 892. The predicted octanol–water partition coefficient (Wildman–Crippen LogP) is 3.94. The third-order valence-corrected chi connectivity index (χ3v) is 5.11. The lowest BCUT2D eigenvalue weighted by Crippen LogP contribution is -2.39. The maximum Gasteiger partial charge on any atom is 0.253 e. The molecule has 0 bridgehead atoms. The first-order valence-corrected chi connectivity index (χ1v) is 9.08. The summed E-state index contributed by atoms with van der Waals surface area (Å²) in [6.07, 6.45) is 5.35. The lowest BCUT2D eigenvalue weighted by atomic mass is 9.90. The molecule has 1 amide bonds. The van der Waals surface area contributed by atoms with E-state index in [9.17, 15) is 4.79 Å². The van der Waals surface area contributed by atoms with Gasteiger partial charge in [0.15, 0.2) is 0 Å². The van der Waals surface area contributed by atoms with Crippen molar-refractivity contribution in [1.29, 1.82) is 0 Å². The Hall–Kier alpha value is -2.66. The number of aromatic nitrogens is 3. The van der Waals surface area contributed by atoms with Crippen molar-refractivity contribution >= 4 is 17.5 Å². The molecule has 2 heterocycles. The summed E-state index contributed by atoms with van der Waals surface area (Å²) < 4.78 is 1.80. The van der Waals surface area contributed by atoms with Gasteiger partial charge < -0.3 is 4.90 Å². The van der Waals surface area contributed by atoms with Crippen molar-refractivity contribution in [2.24, 2.45) is 0 Å². The number of hydrogen-bond acceptors (Lipinski definition) is 3. The van der Waals surface area contributed by atoms with Crippen LogP contribution in [0.15, 0.2) is 61.2 Å². The van der Waals surface area contributed by atoms with Crippen molar-refractivity contribution < 1.29 is 4.79 Å². The Morgan fingerprint density at radius 2 is 1.85 bits per heavy atom. The molecular formula is C20H19ClN4O. The molecule has 0 aliphatic carbocycles. The van der Waals surface area contributed by atoms with E-state index < -0.39 is 0 Å². The van der Waals surface area contributed by atoms with Crippen LogP contribution in [0.1, 0.15) is 34.7 Å². The van der Waals surface area contributed by atoms with Crippen LogP contribution in [-0.4, -0.2) is 38.7 Å². The smallest absolute Gasteiger partial charge is 0.253 e. The summed E-state index contributed by atoms with van der Waals surface area (Å²) in [4.78, 5) is 15.0. The zero-order chi connectivity index (χ0) is 17.9. The Morgan fingerprint density at radius 3 is 2.62 bits per heavy atom. The number of rotatable bonds is 3. The number of carbonyl (C=O) groups is 1. The first-order valence-electron chi connectivity index (χ1n) is 8.70. The highest BCUT2D eigenvalue weighted by Crippen LogP contribution is 2.28. The second-order valence-electron chi connectivity index (χ2n) is 6.56. The van der Waals surface area contributed by atoms with E-state index >= 15 is 0 Å². The van der Waals surface area contributed by atoms with Crippen molar-refractivity contribution in [3.8, 4) is 5.69 Å². The molecule has 6 heteroatoms. The lowest BCUT2D eigenvalue weighted by Gasteiger charge is -2.33. The number of nitrogens with zero attached hydrogens (tertiary/aromatic N) is 4. The average Bonchev–Trinajstić information content (AvgIpc) is 3.23. The van der Waals surface area contributed by atoms with Gasteiger partial charge in [0.05, 0.1) is 0 Å². The molecule has 1 aliphatic heterocycles. The summed E-state index contributed by atoms with van der Waals surface area (Å²) >= 11 is 5.99. The number of piperidine rings is 1. The van der Waals surface area contributed by atoms with Gasteiger partial charge in [-0.3, -0.25) is 9.36 Å². The minimum atomic E-state index is 0.0681. The maximum atomic E-state index is 13.0. The third-order valence-electron chi connectivity index (χ3n) is 4.86. The van der Waals surface area contributed by atoms with Crippen LogP contribution in [0, 0.1) is 0 Å². The summed E-state index contributed by atoms with van der Waals surface area (Å²) in [7, 11) is 0. The minimum Gasteiger partial charge on any atom is -0.338 e. The predicted molar refractivity (Wildman–Crippen MR) is 101 cm³/mol. The molecule has 1 aromatic heterocycles. The molecule has 0 saturated carbocycles. The van der Waals surface area contributed by atoms with Gasteiger partial charge in [0.25, 0.3) is 5.91 Å². The first-order chi connectivity index (χ1) is 12.7.